The van der Waals surface area contributed by atoms with Crippen molar-refractivity contribution in [1.29, 1.82) is 0 Å². The number of nitrogens with zero attached hydrogens (tertiary/aromatic N) is 4. The van der Waals surface area contributed by atoms with Crippen LogP contribution in [0.3, 0.4) is 0 Å². The number of nitrogens with two attached hydrogens (primary N) is 1. The van der Waals surface area contributed by atoms with Gasteiger partial charge in [0.05, 0.1) is 18.2 Å². The molecule has 0 radical (unpaired) electrons. The van der Waals surface area contributed by atoms with Crippen molar-refractivity contribution < 1.29 is 22.5 Å². The molecule has 0 spiro atoms. The van der Waals surface area contributed by atoms with Crippen LogP contribution in [-0.4, -0.2) is 58.1 Å². The molecule has 2 aromatic rings. The summed E-state index contributed by atoms with van der Waals surface area (Å²) in [5, 5.41) is 3.78. The maximum absolute atomic E-state index is 12.8. The second kappa shape index (κ2) is 7.65. The maximum Gasteiger partial charge on any atom is 0.416 e. The predicted molar refractivity (Wildman–Crippen MR) is 90.2 cm³/mol. The zero-order chi connectivity index (χ0) is 19.6. The van der Waals surface area contributed by atoms with Crippen LogP contribution in [0.5, 0.6) is 0 Å². The van der Waals surface area contributed by atoms with Crippen molar-refractivity contribution in [1.82, 2.24) is 19.9 Å². The topological polar surface area (TPSA) is 88.5 Å². The van der Waals surface area contributed by atoms with Crippen LogP contribution >= 0.6 is 0 Å². The van der Waals surface area contributed by atoms with Gasteiger partial charge in [0.15, 0.2) is 0 Å². The van der Waals surface area contributed by atoms with Crippen LogP contribution in [0, 0.1) is 0 Å². The van der Waals surface area contributed by atoms with Gasteiger partial charge < -0.3 is 15.2 Å². The van der Waals surface area contributed by atoms with Gasteiger partial charge >= 0.3 is 6.18 Å². The van der Waals surface area contributed by atoms with Crippen LogP contribution in [-0.2, 0) is 17.5 Å². The molecule has 0 unspecified atom stereocenters. The van der Waals surface area contributed by atoms with Gasteiger partial charge in [0.2, 0.25) is 17.6 Å². The fourth-order valence-electron chi connectivity index (χ4n) is 2.88. The molecular formula is C17H20F3N5O2. The molecule has 0 bridgehead atoms. The van der Waals surface area contributed by atoms with E-state index in [2.05, 4.69) is 10.1 Å². The summed E-state index contributed by atoms with van der Waals surface area (Å²) in [4.78, 5) is 19.8. The molecule has 1 aliphatic heterocycles. The Balaban J connectivity index is 1.62. The van der Waals surface area contributed by atoms with Crippen molar-refractivity contribution in [2.45, 2.75) is 25.7 Å². The Bertz CT molecular complexity index is 798. The molecule has 2 N–H and O–H groups in total. The number of aromatic nitrogens is 2. The first kappa shape index (κ1) is 19.3. The molecule has 0 saturated carbocycles. The average Bonchev–Trinajstić information content (AvgIpc) is 3.09. The van der Waals surface area contributed by atoms with E-state index in [9.17, 15) is 18.0 Å². The molecule has 7 nitrogen and oxygen atoms in total. The van der Waals surface area contributed by atoms with E-state index in [1.54, 1.807) is 11.8 Å². The van der Waals surface area contributed by atoms with Crippen molar-refractivity contribution >= 4 is 5.91 Å². The lowest BCUT2D eigenvalue weighted by Crippen LogP contribution is -2.52. The SMILES string of the molecule is C[C@@H](N)C(=O)N1CCN(Cc2nc(-c3cccc(C(F)(F)F)c3)no2)CC1. The number of benzene rings is 1. The lowest BCUT2D eigenvalue weighted by atomic mass is 10.1. The Morgan fingerprint density at radius 3 is 2.63 bits per heavy atom. The van der Waals surface area contributed by atoms with E-state index in [1.807, 2.05) is 4.90 Å². The standard InChI is InChI=1S/C17H20F3N5O2/c1-11(21)16(26)25-7-5-24(6-8-25)10-14-22-15(23-27-14)12-3-2-4-13(9-12)17(18,19)20/h2-4,9,11H,5-8,10,21H2,1H3/t11-/m1/s1. The fourth-order valence-corrected chi connectivity index (χ4v) is 2.88. The molecule has 1 fully saturated rings. The molecular weight excluding hydrogens is 363 g/mol. The zero-order valence-electron chi connectivity index (χ0n) is 14.7. The molecule has 10 heteroatoms. The van der Waals surface area contributed by atoms with Gasteiger partial charge in [0.25, 0.3) is 0 Å². The molecule has 2 heterocycles. The van der Waals surface area contributed by atoms with Crippen LogP contribution in [0.4, 0.5) is 13.2 Å². The lowest BCUT2D eigenvalue weighted by molar-refractivity contribution is -0.137. The van der Waals surface area contributed by atoms with Gasteiger partial charge in [0.1, 0.15) is 0 Å². The summed E-state index contributed by atoms with van der Waals surface area (Å²) in [6.07, 6.45) is -4.43. The minimum atomic E-state index is -4.43. The van der Waals surface area contributed by atoms with Crippen molar-refractivity contribution in [3.8, 4) is 11.4 Å². The van der Waals surface area contributed by atoms with Crippen molar-refractivity contribution in [3.05, 3.63) is 35.7 Å². The first-order valence-electron chi connectivity index (χ1n) is 8.51. The molecule has 0 aliphatic carbocycles. The molecule has 1 aromatic carbocycles. The minimum Gasteiger partial charge on any atom is -0.339 e. The first-order chi connectivity index (χ1) is 12.7. The Morgan fingerprint density at radius 1 is 1.30 bits per heavy atom. The third kappa shape index (κ3) is 4.64. The third-order valence-corrected chi connectivity index (χ3v) is 4.35. The van der Waals surface area contributed by atoms with Crippen LogP contribution in [0.25, 0.3) is 11.4 Å². The number of halogens is 3. The highest BCUT2D eigenvalue weighted by molar-refractivity contribution is 5.81. The fraction of sp³-hybridized carbons (Fsp3) is 0.471. The highest BCUT2D eigenvalue weighted by Gasteiger charge is 2.31. The van der Waals surface area contributed by atoms with Crippen molar-refractivity contribution in [2.24, 2.45) is 5.73 Å². The summed E-state index contributed by atoms with van der Waals surface area (Å²) in [6, 6.07) is 4.27. The van der Waals surface area contributed by atoms with Crippen molar-refractivity contribution in [2.75, 3.05) is 26.2 Å². The number of amides is 1. The number of rotatable bonds is 4. The number of piperazine rings is 1. The lowest BCUT2D eigenvalue weighted by Gasteiger charge is -2.34. The van der Waals surface area contributed by atoms with E-state index >= 15 is 0 Å². The summed E-state index contributed by atoms with van der Waals surface area (Å²) in [6.45, 7) is 4.37. The van der Waals surface area contributed by atoms with E-state index in [-0.39, 0.29) is 17.3 Å². The summed E-state index contributed by atoms with van der Waals surface area (Å²) in [5.74, 6) is 0.343. The maximum atomic E-state index is 12.8. The van der Waals surface area contributed by atoms with Gasteiger partial charge in [-0.3, -0.25) is 9.69 Å². The van der Waals surface area contributed by atoms with Crippen LogP contribution in [0.2, 0.25) is 0 Å². The molecule has 1 amide bonds. The summed E-state index contributed by atoms with van der Waals surface area (Å²) in [5.41, 5.74) is 5.09. The van der Waals surface area contributed by atoms with E-state index in [0.717, 1.165) is 12.1 Å². The molecule has 1 aromatic heterocycles. The first-order valence-corrected chi connectivity index (χ1v) is 8.51. The Labute approximate surface area is 153 Å². The van der Waals surface area contributed by atoms with Gasteiger partial charge in [-0.15, -0.1) is 0 Å². The highest BCUT2D eigenvalue weighted by atomic mass is 19.4. The largest absolute Gasteiger partial charge is 0.416 e. The molecule has 1 aliphatic rings. The normalized spacial score (nSPS) is 17.1. The number of carbonyl (C=O) groups is 1. The highest BCUT2D eigenvalue weighted by Crippen LogP contribution is 2.31. The van der Waals surface area contributed by atoms with Gasteiger partial charge in [-0.1, -0.05) is 17.3 Å². The third-order valence-electron chi connectivity index (χ3n) is 4.35. The van der Waals surface area contributed by atoms with Crippen LogP contribution in [0.15, 0.2) is 28.8 Å². The number of hydrogen-bond acceptors (Lipinski definition) is 6. The van der Waals surface area contributed by atoms with Crippen LogP contribution < -0.4 is 5.73 Å². The van der Waals surface area contributed by atoms with E-state index in [0.29, 0.717) is 38.6 Å². The number of hydrogen-bond donors (Lipinski definition) is 1. The Kier molecular flexibility index (Phi) is 5.47. The average molecular weight is 383 g/mol. The summed E-state index contributed by atoms with van der Waals surface area (Å²) in [7, 11) is 0. The van der Waals surface area contributed by atoms with Gasteiger partial charge in [-0.25, -0.2) is 0 Å². The van der Waals surface area contributed by atoms with Gasteiger partial charge in [-0.2, -0.15) is 18.2 Å². The van der Waals surface area contributed by atoms with E-state index < -0.39 is 17.8 Å². The smallest absolute Gasteiger partial charge is 0.339 e. The Hall–Kier alpha value is -2.46. The van der Waals surface area contributed by atoms with Gasteiger partial charge in [-0.05, 0) is 19.1 Å². The van der Waals surface area contributed by atoms with Crippen molar-refractivity contribution in [3.63, 3.8) is 0 Å². The van der Waals surface area contributed by atoms with E-state index in [1.165, 1.54) is 12.1 Å². The van der Waals surface area contributed by atoms with E-state index in [4.69, 9.17) is 10.3 Å². The zero-order valence-corrected chi connectivity index (χ0v) is 14.7. The quantitative estimate of drug-likeness (QED) is 0.865. The monoisotopic (exact) mass is 383 g/mol. The summed E-state index contributed by atoms with van der Waals surface area (Å²) < 4.78 is 43.7. The predicted octanol–water partition coefficient (Wildman–Crippen LogP) is 1.75. The molecule has 146 valence electrons. The number of alkyl halides is 3. The number of carbonyl (C=O) groups excluding carboxylic acids is 1. The molecule has 3 rings (SSSR count). The minimum absolute atomic E-state index is 0.0840. The molecule has 1 saturated heterocycles. The second-order valence-corrected chi connectivity index (χ2v) is 6.48. The molecule has 1 atom stereocenters. The summed E-state index contributed by atoms with van der Waals surface area (Å²) >= 11 is 0. The van der Waals surface area contributed by atoms with Crippen LogP contribution in [0.1, 0.15) is 18.4 Å². The van der Waals surface area contributed by atoms with Gasteiger partial charge in [0, 0.05) is 31.7 Å². The second-order valence-electron chi connectivity index (χ2n) is 6.48. The molecule has 27 heavy (non-hydrogen) atoms. The Morgan fingerprint density at radius 2 is 2.00 bits per heavy atom.